The van der Waals surface area contributed by atoms with Crippen LogP contribution < -0.4 is 15.4 Å². The van der Waals surface area contributed by atoms with Gasteiger partial charge in [0.15, 0.2) is 0 Å². The molecule has 0 radical (unpaired) electrons. The van der Waals surface area contributed by atoms with Crippen LogP contribution in [-0.2, 0) is 6.54 Å². The molecule has 2 aromatic carbocycles. The first-order valence-corrected chi connectivity index (χ1v) is 7.65. The molecule has 0 saturated heterocycles. The van der Waals surface area contributed by atoms with Crippen molar-refractivity contribution in [3.05, 3.63) is 58.1 Å². The number of nitrogens with two attached hydrogens (primary N) is 1. The molecule has 110 valence electrons. The Kier molecular flexibility index (Phi) is 5.20. The third kappa shape index (κ3) is 3.74. The van der Waals surface area contributed by atoms with Crippen molar-refractivity contribution < 1.29 is 4.74 Å². The van der Waals surface area contributed by atoms with Crippen LogP contribution in [0.3, 0.4) is 0 Å². The number of anilines is 1. The molecule has 0 fully saturated rings. The molecule has 2 rings (SSSR count). The van der Waals surface area contributed by atoms with E-state index in [4.69, 9.17) is 22.7 Å². The Morgan fingerprint density at radius 2 is 1.90 bits per heavy atom. The predicted molar refractivity (Wildman–Crippen MR) is 95.1 cm³/mol. The second-order valence-electron chi connectivity index (χ2n) is 4.70. The third-order valence-corrected chi connectivity index (χ3v) is 4.09. The molecule has 0 aliphatic rings. The molecule has 0 saturated carbocycles. The summed E-state index contributed by atoms with van der Waals surface area (Å²) in [6, 6.07) is 14.0. The van der Waals surface area contributed by atoms with Crippen LogP contribution in [0.4, 0.5) is 5.69 Å². The summed E-state index contributed by atoms with van der Waals surface area (Å²) in [5.41, 5.74) is 8.90. The van der Waals surface area contributed by atoms with Gasteiger partial charge in [0, 0.05) is 29.3 Å². The Morgan fingerprint density at radius 3 is 2.48 bits per heavy atom. The van der Waals surface area contributed by atoms with E-state index >= 15 is 0 Å². The number of benzene rings is 2. The van der Waals surface area contributed by atoms with E-state index in [-0.39, 0.29) is 0 Å². The normalized spacial score (nSPS) is 10.2. The molecule has 0 spiro atoms. The third-order valence-electron chi connectivity index (χ3n) is 3.23. The summed E-state index contributed by atoms with van der Waals surface area (Å²) in [4.78, 5) is 2.51. The monoisotopic (exact) mass is 364 g/mol. The zero-order valence-corrected chi connectivity index (χ0v) is 14.4. The molecular formula is C16H17BrN2OS. The van der Waals surface area contributed by atoms with Crippen LogP contribution in [0, 0.1) is 0 Å². The van der Waals surface area contributed by atoms with E-state index in [1.165, 1.54) is 5.56 Å². The Labute approximate surface area is 138 Å². The summed E-state index contributed by atoms with van der Waals surface area (Å²) in [7, 11) is 3.69. The van der Waals surface area contributed by atoms with Crippen LogP contribution >= 0.6 is 28.1 Å². The lowest BCUT2D eigenvalue weighted by Crippen LogP contribution is -2.21. The van der Waals surface area contributed by atoms with Gasteiger partial charge in [-0.15, -0.1) is 0 Å². The number of nitrogens with zero attached hydrogens (tertiary/aromatic N) is 1. The summed E-state index contributed by atoms with van der Waals surface area (Å²) in [6.45, 7) is 0.760. The highest BCUT2D eigenvalue weighted by atomic mass is 79.9. The molecule has 0 atom stereocenters. The van der Waals surface area contributed by atoms with Crippen molar-refractivity contribution in [3.8, 4) is 5.75 Å². The van der Waals surface area contributed by atoms with Gasteiger partial charge >= 0.3 is 0 Å². The van der Waals surface area contributed by atoms with Gasteiger partial charge in [-0.2, -0.15) is 0 Å². The zero-order chi connectivity index (χ0) is 15.4. The molecular weight excluding hydrogens is 348 g/mol. The average molecular weight is 365 g/mol. The fourth-order valence-electron chi connectivity index (χ4n) is 2.16. The van der Waals surface area contributed by atoms with Crippen LogP contribution in [0.15, 0.2) is 46.9 Å². The largest absolute Gasteiger partial charge is 0.497 e. The standard InChI is InChI=1S/C16H17BrN2OS/c1-19(10-11-6-8-12(20-2)9-7-11)14-5-3-4-13(17)15(14)16(18)21/h3-9H,10H2,1-2H3,(H2,18,21). The smallest absolute Gasteiger partial charge is 0.118 e. The van der Waals surface area contributed by atoms with Gasteiger partial charge in [0.2, 0.25) is 0 Å². The molecule has 0 amide bonds. The second kappa shape index (κ2) is 6.91. The summed E-state index contributed by atoms with van der Waals surface area (Å²) in [5, 5.41) is 0. The first-order valence-electron chi connectivity index (χ1n) is 6.45. The molecule has 0 unspecified atom stereocenters. The predicted octanol–water partition coefficient (Wildman–Crippen LogP) is 3.73. The summed E-state index contributed by atoms with van der Waals surface area (Å²) in [5.74, 6) is 0.854. The molecule has 5 heteroatoms. The van der Waals surface area contributed by atoms with E-state index in [9.17, 15) is 0 Å². The fourth-order valence-corrected chi connectivity index (χ4v) is 3.08. The number of methoxy groups -OCH3 is 1. The minimum atomic E-state index is 0.388. The Morgan fingerprint density at radius 1 is 1.24 bits per heavy atom. The van der Waals surface area contributed by atoms with Gasteiger partial charge in [-0.25, -0.2) is 0 Å². The van der Waals surface area contributed by atoms with E-state index in [1.807, 2.05) is 49.5 Å². The molecule has 2 N–H and O–H groups in total. The highest BCUT2D eigenvalue weighted by Gasteiger charge is 2.13. The Balaban J connectivity index is 2.25. The molecule has 21 heavy (non-hydrogen) atoms. The number of halogens is 1. The van der Waals surface area contributed by atoms with Gasteiger partial charge in [0.05, 0.1) is 7.11 Å². The number of hydrogen-bond donors (Lipinski definition) is 1. The van der Waals surface area contributed by atoms with Crippen molar-refractivity contribution in [2.24, 2.45) is 5.73 Å². The van der Waals surface area contributed by atoms with E-state index in [1.54, 1.807) is 7.11 Å². The molecule has 0 heterocycles. The quantitative estimate of drug-likeness (QED) is 0.820. The van der Waals surface area contributed by atoms with Crippen molar-refractivity contribution in [1.82, 2.24) is 0 Å². The van der Waals surface area contributed by atoms with Crippen LogP contribution in [0.25, 0.3) is 0 Å². The lowest BCUT2D eigenvalue weighted by atomic mass is 10.1. The van der Waals surface area contributed by atoms with Crippen LogP contribution in [0.2, 0.25) is 0 Å². The molecule has 0 aliphatic carbocycles. The summed E-state index contributed by atoms with van der Waals surface area (Å²) < 4.78 is 6.08. The second-order valence-corrected chi connectivity index (χ2v) is 6.00. The number of rotatable bonds is 5. The number of hydrogen-bond acceptors (Lipinski definition) is 3. The summed E-state index contributed by atoms with van der Waals surface area (Å²) >= 11 is 8.67. The van der Waals surface area contributed by atoms with Crippen LogP contribution in [0.5, 0.6) is 5.75 Å². The average Bonchev–Trinajstić information content (AvgIpc) is 2.47. The van der Waals surface area contributed by atoms with Gasteiger partial charge in [-0.3, -0.25) is 0 Å². The van der Waals surface area contributed by atoms with Gasteiger partial charge in [0.25, 0.3) is 0 Å². The van der Waals surface area contributed by atoms with E-state index in [0.29, 0.717) is 4.99 Å². The van der Waals surface area contributed by atoms with Crippen molar-refractivity contribution in [2.45, 2.75) is 6.54 Å². The maximum Gasteiger partial charge on any atom is 0.118 e. The Bertz CT molecular complexity index is 643. The van der Waals surface area contributed by atoms with Gasteiger partial charge in [-0.05, 0) is 45.8 Å². The molecule has 2 aromatic rings. The van der Waals surface area contributed by atoms with Crippen molar-refractivity contribution in [3.63, 3.8) is 0 Å². The lowest BCUT2D eigenvalue weighted by Gasteiger charge is -2.23. The van der Waals surface area contributed by atoms with Crippen LogP contribution in [-0.4, -0.2) is 19.1 Å². The minimum absolute atomic E-state index is 0.388. The van der Waals surface area contributed by atoms with E-state index in [0.717, 1.165) is 28.0 Å². The summed E-state index contributed by atoms with van der Waals surface area (Å²) in [6.07, 6.45) is 0. The van der Waals surface area contributed by atoms with Crippen molar-refractivity contribution in [1.29, 1.82) is 0 Å². The van der Waals surface area contributed by atoms with Gasteiger partial charge < -0.3 is 15.4 Å². The van der Waals surface area contributed by atoms with Gasteiger partial charge in [0.1, 0.15) is 10.7 Å². The topological polar surface area (TPSA) is 38.5 Å². The number of thiocarbonyl (C=S) groups is 1. The van der Waals surface area contributed by atoms with Crippen molar-refractivity contribution >= 4 is 38.8 Å². The van der Waals surface area contributed by atoms with E-state index < -0.39 is 0 Å². The molecule has 3 nitrogen and oxygen atoms in total. The molecule has 0 aliphatic heterocycles. The molecule has 0 bridgehead atoms. The minimum Gasteiger partial charge on any atom is -0.497 e. The maximum absolute atomic E-state index is 5.84. The highest BCUT2D eigenvalue weighted by molar-refractivity contribution is 9.10. The Hall–Kier alpha value is -1.59. The fraction of sp³-hybridized carbons (Fsp3) is 0.188. The SMILES string of the molecule is COc1ccc(CN(C)c2cccc(Br)c2C(N)=S)cc1. The molecule has 0 aromatic heterocycles. The van der Waals surface area contributed by atoms with Crippen molar-refractivity contribution in [2.75, 3.05) is 19.1 Å². The lowest BCUT2D eigenvalue weighted by molar-refractivity contribution is 0.414. The first kappa shape index (κ1) is 15.8. The van der Waals surface area contributed by atoms with Crippen LogP contribution in [0.1, 0.15) is 11.1 Å². The van der Waals surface area contributed by atoms with Gasteiger partial charge in [-0.1, -0.05) is 30.4 Å². The first-order chi connectivity index (χ1) is 10.0. The maximum atomic E-state index is 5.84. The zero-order valence-electron chi connectivity index (χ0n) is 12.0. The number of ether oxygens (including phenoxy) is 1. The highest BCUT2D eigenvalue weighted by Crippen LogP contribution is 2.28. The van der Waals surface area contributed by atoms with E-state index in [2.05, 4.69) is 20.8 Å².